The van der Waals surface area contributed by atoms with Crippen molar-refractivity contribution in [3.05, 3.63) is 0 Å². The molecule has 0 aliphatic carbocycles. The van der Waals surface area contributed by atoms with E-state index in [0.717, 1.165) is 0 Å². The van der Waals surface area contributed by atoms with E-state index in [1.807, 2.05) is 0 Å². The molecule has 5 heteroatoms. The molecule has 0 fully saturated rings. The first-order chi connectivity index (χ1) is 5.07. The highest BCUT2D eigenvalue weighted by atomic mass is 16.4. The molecule has 0 spiro atoms. The summed E-state index contributed by atoms with van der Waals surface area (Å²) in [5, 5.41) is 22.1. The third kappa shape index (κ3) is 4.32. The quantitative estimate of drug-likeness (QED) is 0.304. The summed E-state index contributed by atoms with van der Waals surface area (Å²) in [4.78, 5) is 10.0. The van der Waals surface area contributed by atoms with E-state index in [1.165, 1.54) is 0 Å². The van der Waals surface area contributed by atoms with Crippen LogP contribution in [0, 0.1) is 0 Å². The summed E-state index contributed by atoms with van der Waals surface area (Å²) in [6.07, 6.45) is 0. The Morgan fingerprint density at radius 1 is 1.73 bits per heavy atom. The Bertz CT molecular complexity index is 167. The lowest BCUT2D eigenvalue weighted by Crippen LogP contribution is -2.36. The maximum Gasteiger partial charge on any atom is 0.317 e. The first-order valence-electron chi connectivity index (χ1n) is 3.21. The molecule has 0 aliphatic rings. The summed E-state index contributed by atoms with van der Waals surface area (Å²) in [6, 6.07) is -0.212. The maximum absolute atomic E-state index is 10.0. The third-order valence-corrected chi connectivity index (χ3v) is 1.34. The molecule has 0 amide bonds. The van der Waals surface area contributed by atoms with Crippen molar-refractivity contribution in [2.24, 2.45) is 5.16 Å². The van der Waals surface area contributed by atoms with Crippen LogP contribution >= 0.6 is 0 Å². The van der Waals surface area contributed by atoms with Crippen LogP contribution in [0.4, 0.5) is 0 Å². The highest BCUT2D eigenvalue weighted by Gasteiger charge is 2.06. The summed E-state index contributed by atoms with van der Waals surface area (Å²) in [7, 11) is 0. The van der Waals surface area contributed by atoms with Crippen molar-refractivity contribution < 1.29 is 15.1 Å². The predicted molar refractivity (Wildman–Crippen MR) is 40.0 cm³/mol. The zero-order chi connectivity index (χ0) is 8.85. The second kappa shape index (κ2) is 4.68. The van der Waals surface area contributed by atoms with Crippen LogP contribution in [-0.2, 0) is 4.79 Å². The van der Waals surface area contributed by atoms with Crippen molar-refractivity contribution in [2.75, 3.05) is 6.54 Å². The monoisotopic (exact) mass is 160 g/mol. The van der Waals surface area contributed by atoms with E-state index in [2.05, 4.69) is 10.5 Å². The van der Waals surface area contributed by atoms with Gasteiger partial charge in [-0.2, -0.15) is 0 Å². The molecule has 0 rings (SSSR count). The standard InChI is InChI=1S/C6H12N2O3/c1-4(5(2)8-11)7-3-6(9)10/h4,7,11H,3H2,1-2H3,(H,9,10)/b8-5+/t4-/m1/s1. The molecular formula is C6H12N2O3. The lowest BCUT2D eigenvalue weighted by Gasteiger charge is -2.09. The Hall–Kier alpha value is -1.10. The fourth-order valence-electron chi connectivity index (χ4n) is 0.475. The highest BCUT2D eigenvalue weighted by molar-refractivity contribution is 5.86. The van der Waals surface area contributed by atoms with E-state index in [-0.39, 0.29) is 12.6 Å². The average molecular weight is 160 g/mol. The number of nitrogens with one attached hydrogen (secondary N) is 1. The van der Waals surface area contributed by atoms with Crippen molar-refractivity contribution in [2.45, 2.75) is 19.9 Å². The van der Waals surface area contributed by atoms with E-state index < -0.39 is 5.97 Å². The molecule has 0 saturated carbocycles. The number of hydrogen-bond donors (Lipinski definition) is 3. The second-order valence-corrected chi connectivity index (χ2v) is 2.24. The minimum absolute atomic E-state index is 0.131. The van der Waals surface area contributed by atoms with Gasteiger partial charge in [0.2, 0.25) is 0 Å². The van der Waals surface area contributed by atoms with Crippen LogP contribution < -0.4 is 5.32 Å². The zero-order valence-electron chi connectivity index (χ0n) is 6.53. The summed E-state index contributed by atoms with van der Waals surface area (Å²) in [5.41, 5.74) is 0.464. The minimum atomic E-state index is -0.928. The first-order valence-corrected chi connectivity index (χ1v) is 3.21. The molecule has 5 nitrogen and oxygen atoms in total. The summed E-state index contributed by atoms with van der Waals surface area (Å²) in [5.74, 6) is -0.928. The number of aliphatic carboxylic acids is 1. The number of nitrogens with zero attached hydrogens (tertiary/aromatic N) is 1. The summed E-state index contributed by atoms with van der Waals surface area (Å²) >= 11 is 0. The van der Waals surface area contributed by atoms with Gasteiger partial charge >= 0.3 is 5.97 Å². The van der Waals surface area contributed by atoms with Gasteiger partial charge in [-0.25, -0.2) is 0 Å². The Labute approximate surface area is 64.7 Å². The lowest BCUT2D eigenvalue weighted by atomic mass is 10.2. The Morgan fingerprint density at radius 3 is 2.64 bits per heavy atom. The summed E-state index contributed by atoms with van der Waals surface area (Å²) < 4.78 is 0. The molecular weight excluding hydrogens is 148 g/mol. The first kappa shape index (κ1) is 9.90. The summed E-state index contributed by atoms with van der Waals surface area (Å²) in [6.45, 7) is 3.20. The van der Waals surface area contributed by atoms with Crippen LogP contribution in [0.15, 0.2) is 5.16 Å². The van der Waals surface area contributed by atoms with Crippen LogP contribution in [0.2, 0.25) is 0 Å². The molecule has 1 atom stereocenters. The molecule has 0 aromatic carbocycles. The fourth-order valence-corrected chi connectivity index (χ4v) is 0.475. The second-order valence-electron chi connectivity index (χ2n) is 2.24. The maximum atomic E-state index is 10.0. The molecule has 0 radical (unpaired) electrons. The van der Waals surface area contributed by atoms with Crippen LogP contribution in [0.1, 0.15) is 13.8 Å². The predicted octanol–water partition coefficient (Wildman–Crippen LogP) is -0.101. The van der Waals surface area contributed by atoms with Crippen LogP contribution in [0.25, 0.3) is 0 Å². The average Bonchev–Trinajstić information content (AvgIpc) is 1.98. The molecule has 11 heavy (non-hydrogen) atoms. The molecule has 0 aliphatic heterocycles. The van der Waals surface area contributed by atoms with Gasteiger partial charge in [-0.1, -0.05) is 5.16 Å². The van der Waals surface area contributed by atoms with Gasteiger partial charge in [-0.05, 0) is 13.8 Å². The molecule has 0 unspecified atom stereocenters. The zero-order valence-corrected chi connectivity index (χ0v) is 6.53. The largest absolute Gasteiger partial charge is 0.480 e. The third-order valence-electron chi connectivity index (χ3n) is 1.34. The van der Waals surface area contributed by atoms with Crippen LogP contribution in [0.5, 0.6) is 0 Å². The normalized spacial score (nSPS) is 14.5. The van der Waals surface area contributed by atoms with Gasteiger partial charge in [-0.3, -0.25) is 10.1 Å². The number of rotatable bonds is 4. The van der Waals surface area contributed by atoms with Gasteiger partial charge in [0.15, 0.2) is 0 Å². The van der Waals surface area contributed by atoms with Gasteiger partial charge in [0.25, 0.3) is 0 Å². The Morgan fingerprint density at radius 2 is 2.27 bits per heavy atom. The number of carboxylic acid groups (broad SMARTS) is 1. The molecule has 0 heterocycles. The van der Waals surface area contributed by atoms with Crippen molar-refractivity contribution in [1.29, 1.82) is 0 Å². The van der Waals surface area contributed by atoms with Crippen molar-refractivity contribution in [1.82, 2.24) is 5.32 Å². The van der Waals surface area contributed by atoms with E-state index in [1.54, 1.807) is 13.8 Å². The lowest BCUT2D eigenvalue weighted by molar-refractivity contribution is -0.136. The molecule has 0 bridgehead atoms. The van der Waals surface area contributed by atoms with E-state index in [0.29, 0.717) is 5.71 Å². The van der Waals surface area contributed by atoms with Gasteiger partial charge in [0.05, 0.1) is 12.3 Å². The SMILES string of the molecule is C/C(=N\O)[C@@H](C)NCC(=O)O. The number of oxime groups is 1. The fraction of sp³-hybridized carbons (Fsp3) is 0.667. The van der Waals surface area contributed by atoms with Crippen molar-refractivity contribution in [3.8, 4) is 0 Å². The Kier molecular flexibility index (Phi) is 4.21. The van der Waals surface area contributed by atoms with Crippen LogP contribution in [-0.4, -0.2) is 34.6 Å². The molecule has 3 N–H and O–H groups in total. The highest BCUT2D eigenvalue weighted by Crippen LogP contribution is 1.85. The van der Waals surface area contributed by atoms with Crippen molar-refractivity contribution >= 4 is 11.7 Å². The van der Waals surface area contributed by atoms with Gasteiger partial charge < -0.3 is 10.3 Å². The number of hydrogen-bond acceptors (Lipinski definition) is 4. The minimum Gasteiger partial charge on any atom is -0.480 e. The van der Waals surface area contributed by atoms with E-state index in [4.69, 9.17) is 10.3 Å². The van der Waals surface area contributed by atoms with Crippen molar-refractivity contribution in [3.63, 3.8) is 0 Å². The topological polar surface area (TPSA) is 81.9 Å². The van der Waals surface area contributed by atoms with Gasteiger partial charge in [-0.15, -0.1) is 0 Å². The molecule has 0 aromatic heterocycles. The van der Waals surface area contributed by atoms with Gasteiger partial charge in [0.1, 0.15) is 0 Å². The van der Waals surface area contributed by atoms with E-state index >= 15 is 0 Å². The van der Waals surface area contributed by atoms with Gasteiger partial charge in [0, 0.05) is 6.04 Å². The molecule has 0 aromatic rings. The molecule has 0 saturated heterocycles. The Balaban J connectivity index is 3.69. The number of carboxylic acids is 1. The van der Waals surface area contributed by atoms with Crippen LogP contribution in [0.3, 0.4) is 0 Å². The smallest absolute Gasteiger partial charge is 0.317 e. The molecule has 64 valence electrons. The van der Waals surface area contributed by atoms with E-state index in [9.17, 15) is 4.79 Å². The number of carbonyl (C=O) groups is 1.